The van der Waals surface area contributed by atoms with Crippen molar-refractivity contribution in [2.45, 2.75) is 13.5 Å². The van der Waals surface area contributed by atoms with E-state index in [1.807, 2.05) is 36.5 Å². The van der Waals surface area contributed by atoms with Crippen LogP contribution in [0.1, 0.15) is 9.88 Å². The van der Waals surface area contributed by atoms with E-state index in [4.69, 9.17) is 0 Å². The summed E-state index contributed by atoms with van der Waals surface area (Å²) in [6, 6.07) is 9.98. The van der Waals surface area contributed by atoms with Crippen LogP contribution >= 0.6 is 22.9 Å². The van der Waals surface area contributed by atoms with Gasteiger partial charge in [-0.1, -0.05) is 30.3 Å². The highest BCUT2D eigenvalue weighted by molar-refractivity contribution is 7.11. The first-order chi connectivity index (χ1) is 9.31. The van der Waals surface area contributed by atoms with Gasteiger partial charge in [0, 0.05) is 28.2 Å². The second-order valence-electron chi connectivity index (χ2n) is 4.01. The highest BCUT2D eigenvalue weighted by Crippen LogP contribution is 2.21. The van der Waals surface area contributed by atoms with E-state index in [0.717, 1.165) is 21.5 Å². The standard InChI is InChI=1S/C13H12N4S2/c1-9-7-14-11(18-9)8-15-13-16-12(17-19-13)10-5-3-2-4-6-10/h2-7H,8H2,1H3,(H,15,16,17). The molecule has 2 heterocycles. The first-order valence-corrected chi connectivity index (χ1v) is 7.44. The van der Waals surface area contributed by atoms with Crippen molar-refractivity contribution in [3.8, 4) is 11.4 Å². The Labute approximate surface area is 119 Å². The van der Waals surface area contributed by atoms with Crippen molar-refractivity contribution in [2.75, 3.05) is 5.32 Å². The van der Waals surface area contributed by atoms with E-state index >= 15 is 0 Å². The van der Waals surface area contributed by atoms with Gasteiger partial charge in [-0.05, 0) is 6.92 Å². The molecule has 3 rings (SSSR count). The number of nitrogens with zero attached hydrogens (tertiary/aromatic N) is 3. The lowest BCUT2D eigenvalue weighted by Crippen LogP contribution is -1.97. The number of aromatic nitrogens is 3. The van der Waals surface area contributed by atoms with Gasteiger partial charge in [-0.2, -0.15) is 9.36 Å². The first kappa shape index (κ1) is 12.3. The summed E-state index contributed by atoms with van der Waals surface area (Å²) in [4.78, 5) is 10.0. The largest absolute Gasteiger partial charge is 0.354 e. The molecule has 1 N–H and O–H groups in total. The van der Waals surface area contributed by atoms with E-state index in [9.17, 15) is 0 Å². The summed E-state index contributed by atoms with van der Waals surface area (Å²) in [7, 11) is 0. The second kappa shape index (κ2) is 5.46. The summed E-state index contributed by atoms with van der Waals surface area (Å²) in [5.74, 6) is 0.767. The zero-order valence-electron chi connectivity index (χ0n) is 10.3. The van der Waals surface area contributed by atoms with Gasteiger partial charge in [0.05, 0.1) is 6.54 Å². The van der Waals surface area contributed by atoms with E-state index in [2.05, 4.69) is 26.6 Å². The van der Waals surface area contributed by atoms with Crippen LogP contribution in [0.4, 0.5) is 5.13 Å². The SMILES string of the molecule is Cc1cnc(CNc2nc(-c3ccccc3)ns2)s1. The molecule has 0 aliphatic rings. The molecule has 0 bridgehead atoms. The summed E-state index contributed by atoms with van der Waals surface area (Å²) in [5.41, 5.74) is 1.04. The minimum absolute atomic E-state index is 0.696. The van der Waals surface area contributed by atoms with E-state index in [-0.39, 0.29) is 0 Å². The van der Waals surface area contributed by atoms with E-state index < -0.39 is 0 Å². The second-order valence-corrected chi connectivity index (χ2v) is 6.08. The monoisotopic (exact) mass is 288 g/mol. The summed E-state index contributed by atoms with van der Waals surface area (Å²) in [5, 5.41) is 5.15. The lowest BCUT2D eigenvalue weighted by Gasteiger charge is -1.97. The highest BCUT2D eigenvalue weighted by Gasteiger charge is 2.06. The van der Waals surface area contributed by atoms with Crippen molar-refractivity contribution >= 4 is 28.0 Å². The van der Waals surface area contributed by atoms with E-state index in [0.29, 0.717) is 6.54 Å². The average molecular weight is 288 g/mol. The molecule has 0 unspecified atom stereocenters. The lowest BCUT2D eigenvalue weighted by atomic mass is 10.2. The van der Waals surface area contributed by atoms with Crippen LogP contribution in [0.25, 0.3) is 11.4 Å². The van der Waals surface area contributed by atoms with Gasteiger partial charge >= 0.3 is 0 Å². The van der Waals surface area contributed by atoms with Crippen molar-refractivity contribution < 1.29 is 0 Å². The maximum atomic E-state index is 4.48. The molecule has 0 amide bonds. The van der Waals surface area contributed by atoms with E-state index in [1.54, 1.807) is 11.3 Å². The molecular weight excluding hydrogens is 276 g/mol. The Hall–Kier alpha value is -1.79. The quantitative estimate of drug-likeness (QED) is 0.797. The molecule has 96 valence electrons. The Balaban J connectivity index is 1.68. The molecule has 1 aromatic carbocycles. The fourth-order valence-electron chi connectivity index (χ4n) is 1.63. The number of rotatable bonds is 4. The summed E-state index contributed by atoms with van der Waals surface area (Å²) in [6.45, 7) is 2.75. The number of aryl methyl sites for hydroxylation is 1. The number of hydrogen-bond acceptors (Lipinski definition) is 6. The normalized spacial score (nSPS) is 10.6. The maximum Gasteiger partial charge on any atom is 0.203 e. The zero-order chi connectivity index (χ0) is 13.1. The molecule has 2 aromatic heterocycles. The molecule has 4 nitrogen and oxygen atoms in total. The van der Waals surface area contributed by atoms with Crippen LogP contribution in [0.15, 0.2) is 36.5 Å². The molecular formula is C13H12N4S2. The predicted molar refractivity (Wildman–Crippen MR) is 79.5 cm³/mol. The Morgan fingerprint density at radius 2 is 2.05 bits per heavy atom. The third kappa shape index (κ3) is 2.97. The molecule has 0 fully saturated rings. The maximum absolute atomic E-state index is 4.48. The van der Waals surface area contributed by atoms with Gasteiger partial charge < -0.3 is 5.32 Å². The molecule has 3 aromatic rings. The number of anilines is 1. The zero-order valence-corrected chi connectivity index (χ0v) is 12.0. The molecule has 0 aliphatic carbocycles. The number of thiazole rings is 1. The molecule has 0 spiro atoms. The smallest absolute Gasteiger partial charge is 0.203 e. The summed E-state index contributed by atoms with van der Waals surface area (Å²) >= 11 is 3.07. The third-order valence-corrected chi connectivity index (χ3v) is 4.10. The first-order valence-electron chi connectivity index (χ1n) is 5.85. The van der Waals surface area contributed by atoms with Crippen LogP contribution in [-0.2, 0) is 6.54 Å². The molecule has 0 atom stereocenters. The fourth-order valence-corrected chi connectivity index (χ4v) is 2.94. The summed E-state index contributed by atoms with van der Waals surface area (Å²) in [6.07, 6.45) is 1.89. The summed E-state index contributed by atoms with van der Waals surface area (Å²) < 4.78 is 4.35. The predicted octanol–water partition coefficient (Wildman–Crippen LogP) is 3.58. The van der Waals surface area contributed by atoms with Gasteiger partial charge in [-0.15, -0.1) is 11.3 Å². The van der Waals surface area contributed by atoms with Crippen LogP contribution in [0, 0.1) is 6.92 Å². The van der Waals surface area contributed by atoms with Gasteiger partial charge in [0.2, 0.25) is 5.13 Å². The molecule has 0 saturated carbocycles. The Bertz CT molecular complexity index is 660. The van der Waals surface area contributed by atoms with Crippen molar-refractivity contribution in [3.63, 3.8) is 0 Å². The molecule has 0 aliphatic heterocycles. The molecule has 0 radical (unpaired) electrons. The van der Waals surface area contributed by atoms with Crippen molar-refractivity contribution in [2.24, 2.45) is 0 Å². The van der Waals surface area contributed by atoms with Crippen LogP contribution in [0.5, 0.6) is 0 Å². The minimum Gasteiger partial charge on any atom is -0.354 e. The van der Waals surface area contributed by atoms with Crippen molar-refractivity contribution in [1.82, 2.24) is 14.3 Å². The minimum atomic E-state index is 0.696. The molecule has 0 saturated heterocycles. The molecule has 19 heavy (non-hydrogen) atoms. The Morgan fingerprint density at radius 1 is 1.21 bits per heavy atom. The van der Waals surface area contributed by atoms with Gasteiger partial charge in [-0.25, -0.2) is 4.98 Å². The van der Waals surface area contributed by atoms with Gasteiger partial charge in [0.15, 0.2) is 5.82 Å². The number of hydrogen-bond donors (Lipinski definition) is 1. The topological polar surface area (TPSA) is 50.7 Å². The fraction of sp³-hybridized carbons (Fsp3) is 0.154. The van der Waals surface area contributed by atoms with E-state index in [1.165, 1.54) is 16.4 Å². The van der Waals surface area contributed by atoms with Gasteiger partial charge in [-0.3, -0.25) is 0 Å². The Morgan fingerprint density at radius 3 is 2.79 bits per heavy atom. The molecule has 6 heteroatoms. The highest BCUT2D eigenvalue weighted by atomic mass is 32.1. The van der Waals surface area contributed by atoms with Crippen LogP contribution in [-0.4, -0.2) is 14.3 Å². The Kier molecular flexibility index (Phi) is 3.52. The van der Waals surface area contributed by atoms with Crippen molar-refractivity contribution in [1.29, 1.82) is 0 Å². The number of nitrogens with one attached hydrogen (secondary N) is 1. The lowest BCUT2D eigenvalue weighted by molar-refractivity contribution is 1.09. The average Bonchev–Trinajstić information content (AvgIpc) is 3.06. The van der Waals surface area contributed by atoms with Gasteiger partial charge in [0.25, 0.3) is 0 Å². The van der Waals surface area contributed by atoms with Crippen molar-refractivity contribution in [3.05, 3.63) is 46.4 Å². The van der Waals surface area contributed by atoms with Crippen LogP contribution < -0.4 is 5.32 Å². The van der Waals surface area contributed by atoms with Gasteiger partial charge in [0.1, 0.15) is 5.01 Å². The van der Waals surface area contributed by atoms with Crippen LogP contribution in [0.2, 0.25) is 0 Å². The van der Waals surface area contributed by atoms with Crippen LogP contribution in [0.3, 0.4) is 0 Å². The number of benzene rings is 1. The third-order valence-electron chi connectivity index (χ3n) is 2.52.